The Bertz CT molecular complexity index is 500. The molecule has 0 unspecified atom stereocenters. The van der Waals surface area contributed by atoms with Crippen LogP contribution in [0.15, 0.2) is 27.8 Å². The molecule has 1 aromatic heterocycles. The molecule has 0 radical (unpaired) electrons. The first kappa shape index (κ1) is 20.7. The molecule has 0 aromatic carbocycles. The van der Waals surface area contributed by atoms with Crippen molar-refractivity contribution < 1.29 is 4.42 Å². The average Bonchev–Trinajstić information content (AvgIpc) is 2.97. The van der Waals surface area contributed by atoms with Crippen molar-refractivity contribution in [3.63, 3.8) is 0 Å². The molecule has 4 nitrogen and oxygen atoms in total. The van der Waals surface area contributed by atoms with Crippen LogP contribution in [0.1, 0.15) is 33.5 Å². The standard InChI is InChI=1S/C17H29N3OS.HI/c1-16(2)13-20(17(16,3)4)15(19-10-12-22-5)18-9-8-14-7-6-11-21-14;/h6-7,11H,8-10,12-13H2,1-5H3,(H,18,19);1H. The van der Waals surface area contributed by atoms with Crippen molar-refractivity contribution >= 4 is 41.7 Å². The summed E-state index contributed by atoms with van der Waals surface area (Å²) in [5.74, 6) is 3.10. The van der Waals surface area contributed by atoms with Crippen LogP contribution < -0.4 is 5.32 Å². The average molecular weight is 451 g/mol. The molecular weight excluding hydrogens is 421 g/mol. The van der Waals surface area contributed by atoms with Crippen LogP contribution in [0.4, 0.5) is 0 Å². The smallest absolute Gasteiger partial charge is 0.194 e. The number of thioether (sulfide) groups is 1. The van der Waals surface area contributed by atoms with Crippen molar-refractivity contribution in [2.45, 2.75) is 39.7 Å². The second-order valence-electron chi connectivity index (χ2n) is 6.98. The molecule has 2 rings (SSSR count). The third-order valence-electron chi connectivity index (χ3n) is 4.93. The normalized spacial score (nSPS) is 19.0. The summed E-state index contributed by atoms with van der Waals surface area (Å²) in [6.07, 6.45) is 4.73. The van der Waals surface area contributed by atoms with Gasteiger partial charge in [0.2, 0.25) is 0 Å². The van der Waals surface area contributed by atoms with Crippen molar-refractivity contribution in [2.75, 3.05) is 31.6 Å². The third kappa shape index (κ3) is 4.81. The Kier molecular flexibility index (Phi) is 7.77. The number of rotatable bonds is 6. The van der Waals surface area contributed by atoms with E-state index in [9.17, 15) is 0 Å². The molecule has 23 heavy (non-hydrogen) atoms. The predicted molar refractivity (Wildman–Crippen MR) is 111 cm³/mol. The number of nitrogens with zero attached hydrogens (tertiary/aromatic N) is 2. The minimum atomic E-state index is 0. The van der Waals surface area contributed by atoms with Gasteiger partial charge in [-0.15, -0.1) is 24.0 Å². The lowest BCUT2D eigenvalue weighted by Gasteiger charge is -2.62. The Hall–Kier alpha value is -0.370. The summed E-state index contributed by atoms with van der Waals surface area (Å²) in [5.41, 5.74) is 0.443. The van der Waals surface area contributed by atoms with Crippen LogP contribution in [0.25, 0.3) is 0 Å². The molecule has 0 aliphatic carbocycles. The predicted octanol–water partition coefficient (Wildman–Crippen LogP) is 3.87. The molecular formula is C17H30IN3OS. The summed E-state index contributed by atoms with van der Waals surface area (Å²) < 4.78 is 5.39. The minimum Gasteiger partial charge on any atom is -0.469 e. The van der Waals surface area contributed by atoms with E-state index in [-0.39, 0.29) is 29.5 Å². The first-order chi connectivity index (χ1) is 10.4. The van der Waals surface area contributed by atoms with Crippen molar-refractivity contribution in [1.82, 2.24) is 10.2 Å². The van der Waals surface area contributed by atoms with Gasteiger partial charge in [0, 0.05) is 36.2 Å². The summed E-state index contributed by atoms with van der Waals surface area (Å²) >= 11 is 1.83. The number of likely N-dealkylation sites (tertiary alicyclic amines) is 1. The van der Waals surface area contributed by atoms with E-state index >= 15 is 0 Å². The van der Waals surface area contributed by atoms with Gasteiger partial charge in [-0.2, -0.15) is 11.8 Å². The van der Waals surface area contributed by atoms with Crippen LogP contribution in [0.5, 0.6) is 0 Å². The van der Waals surface area contributed by atoms with Gasteiger partial charge in [0.05, 0.1) is 12.8 Å². The fourth-order valence-electron chi connectivity index (χ4n) is 2.63. The zero-order valence-electron chi connectivity index (χ0n) is 14.9. The van der Waals surface area contributed by atoms with E-state index in [4.69, 9.17) is 9.41 Å². The quantitative estimate of drug-likeness (QED) is 0.309. The van der Waals surface area contributed by atoms with Crippen molar-refractivity contribution in [1.29, 1.82) is 0 Å². The SMILES string of the molecule is CSCCN=C(NCCc1ccco1)N1CC(C)(C)C1(C)C.I. The molecule has 1 aliphatic heterocycles. The zero-order chi connectivity index (χ0) is 16.2. The van der Waals surface area contributed by atoms with E-state index in [2.05, 4.69) is 44.2 Å². The van der Waals surface area contributed by atoms with Crippen LogP contribution in [0.2, 0.25) is 0 Å². The minimum absolute atomic E-state index is 0. The summed E-state index contributed by atoms with van der Waals surface area (Å²) in [7, 11) is 0. The van der Waals surface area contributed by atoms with Crippen LogP contribution >= 0.6 is 35.7 Å². The Morgan fingerprint density at radius 3 is 2.65 bits per heavy atom. The zero-order valence-corrected chi connectivity index (χ0v) is 18.0. The summed E-state index contributed by atoms with van der Waals surface area (Å²) in [6.45, 7) is 12.0. The molecule has 0 saturated carbocycles. The highest BCUT2D eigenvalue weighted by Crippen LogP contribution is 2.46. The highest BCUT2D eigenvalue weighted by Gasteiger charge is 2.53. The van der Waals surface area contributed by atoms with E-state index in [1.807, 2.05) is 23.9 Å². The molecule has 1 N–H and O–H groups in total. The molecule has 1 aliphatic rings. The van der Waals surface area contributed by atoms with Gasteiger partial charge in [-0.3, -0.25) is 4.99 Å². The highest BCUT2D eigenvalue weighted by molar-refractivity contribution is 14.0. The second kappa shape index (κ2) is 8.65. The fourth-order valence-corrected chi connectivity index (χ4v) is 2.91. The number of guanidine groups is 1. The Balaban J connectivity index is 0.00000264. The van der Waals surface area contributed by atoms with Crippen LogP contribution in [-0.2, 0) is 6.42 Å². The molecule has 2 heterocycles. The Morgan fingerprint density at radius 1 is 1.39 bits per heavy atom. The highest BCUT2D eigenvalue weighted by atomic mass is 127. The van der Waals surface area contributed by atoms with Gasteiger partial charge in [-0.05, 0) is 32.2 Å². The van der Waals surface area contributed by atoms with Crippen molar-refractivity contribution in [3.8, 4) is 0 Å². The van der Waals surface area contributed by atoms with E-state index in [1.165, 1.54) is 0 Å². The van der Waals surface area contributed by atoms with Gasteiger partial charge in [0.1, 0.15) is 5.76 Å². The summed E-state index contributed by atoms with van der Waals surface area (Å²) in [4.78, 5) is 7.19. The Labute approximate surface area is 161 Å². The second-order valence-corrected chi connectivity index (χ2v) is 7.97. The number of nitrogens with one attached hydrogen (secondary N) is 1. The molecule has 0 atom stereocenters. The van der Waals surface area contributed by atoms with Crippen molar-refractivity contribution in [3.05, 3.63) is 24.2 Å². The molecule has 1 aromatic rings. The van der Waals surface area contributed by atoms with Crippen molar-refractivity contribution in [2.24, 2.45) is 10.4 Å². The number of hydrogen-bond acceptors (Lipinski definition) is 3. The molecule has 132 valence electrons. The lowest BCUT2D eigenvalue weighted by atomic mass is 9.65. The fraction of sp³-hybridized carbons (Fsp3) is 0.706. The van der Waals surface area contributed by atoms with E-state index in [1.54, 1.807) is 6.26 Å². The molecule has 1 fully saturated rings. The van der Waals surface area contributed by atoms with Crippen LogP contribution in [-0.4, -0.2) is 48.0 Å². The summed E-state index contributed by atoms with van der Waals surface area (Å²) in [6, 6.07) is 3.95. The van der Waals surface area contributed by atoms with E-state index in [0.29, 0.717) is 5.41 Å². The molecule has 0 bridgehead atoms. The first-order valence-electron chi connectivity index (χ1n) is 7.96. The van der Waals surface area contributed by atoms with E-state index in [0.717, 1.165) is 43.5 Å². The lowest BCUT2D eigenvalue weighted by Crippen LogP contribution is -2.72. The maximum Gasteiger partial charge on any atom is 0.194 e. The first-order valence-corrected chi connectivity index (χ1v) is 9.35. The largest absolute Gasteiger partial charge is 0.469 e. The monoisotopic (exact) mass is 451 g/mol. The lowest BCUT2D eigenvalue weighted by molar-refractivity contribution is -0.0667. The van der Waals surface area contributed by atoms with Crippen LogP contribution in [0, 0.1) is 5.41 Å². The topological polar surface area (TPSA) is 40.8 Å². The maximum absolute atomic E-state index is 5.39. The molecule has 1 saturated heterocycles. The Morgan fingerprint density at radius 2 is 2.13 bits per heavy atom. The number of halogens is 1. The maximum atomic E-state index is 5.39. The van der Waals surface area contributed by atoms with Gasteiger partial charge >= 0.3 is 0 Å². The molecule has 0 spiro atoms. The van der Waals surface area contributed by atoms with E-state index < -0.39 is 0 Å². The van der Waals surface area contributed by atoms with Crippen LogP contribution in [0.3, 0.4) is 0 Å². The molecule has 6 heteroatoms. The number of furan rings is 1. The number of aliphatic imine (C=N–C) groups is 1. The molecule has 0 amide bonds. The summed E-state index contributed by atoms with van der Waals surface area (Å²) in [5, 5.41) is 3.52. The van der Waals surface area contributed by atoms with Gasteiger partial charge in [-0.1, -0.05) is 13.8 Å². The van der Waals surface area contributed by atoms with Gasteiger partial charge in [-0.25, -0.2) is 0 Å². The van der Waals surface area contributed by atoms with Gasteiger partial charge in [0.25, 0.3) is 0 Å². The third-order valence-corrected chi connectivity index (χ3v) is 5.52. The number of hydrogen-bond donors (Lipinski definition) is 1. The van der Waals surface area contributed by atoms with Gasteiger partial charge in [0.15, 0.2) is 5.96 Å². The van der Waals surface area contributed by atoms with Gasteiger partial charge < -0.3 is 14.6 Å².